The van der Waals surface area contributed by atoms with Crippen LogP contribution in [0.15, 0.2) is 30.9 Å². The highest BCUT2D eigenvalue weighted by Crippen LogP contribution is 2.19. The lowest BCUT2D eigenvalue weighted by atomic mass is 10.1. The van der Waals surface area contributed by atoms with Crippen LogP contribution < -0.4 is 10.1 Å². The summed E-state index contributed by atoms with van der Waals surface area (Å²) in [6.07, 6.45) is 2.80. The molecular weight excluding hydrogens is 200 g/mol. The van der Waals surface area contributed by atoms with E-state index in [1.165, 1.54) is 0 Å². The lowest BCUT2D eigenvalue weighted by Crippen LogP contribution is -2.14. The Morgan fingerprint density at radius 3 is 3.00 bits per heavy atom. The zero-order valence-electron chi connectivity index (χ0n) is 9.49. The number of nitriles is 1. The quantitative estimate of drug-likeness (QED) is 0.586. The first kappa shape index (κ1) is 12.3. The van der Waals surface area contributed by atoms with Crippen molar-refractivity contribution in [3.63, 3.8) is 0 Å². The molecule has 0 heterocycles. The van der Waals surface area contributed by atoms with Crippen LogP contribution in [0.3, 0.4) is 0 Å². The molecule has 0 radical (unpaired) electrons. The Labute approximate surface area is 96.4 Å². The summed E-state index contributed by atoms with van der Waals surface area (Å²) in [6, 6.07) is 7.55. The van der Waals surface area contributed by atoms with Crippen LogP contribution in [0.2, 0.25) is 0 Å². The Hall–Kier alpha value is -1.79. The zero-order chi connectivity index (χ0) is 11.8. The molecule has 0 bridgehead atoms. The van der Waals surface area contributed by atoms with Crippen molar-refractivity contribution in [1.82, 2.24) is 5.32 Å². The van der Waals surface area contributed by atoms with E-state index in [9.17, 15) is 0 Å². The number of rotatable bonds is 6. The van der Waals surface area contributed by atoms with E-state index in [2.05, 4.69) is 18.0 Å². The monoisotopic (exact) mass is 216 g/mol. The predicted octanol–water partition coefficient (Wildman–Crippen LogP) is 2.23. The molecule has 0 aromatic heterocycles. The van der Waals surface area contributed by atoms with E-state index >= 15 is 0 Å². The van der Waals surface area contributed by atoms with E-state index < -0.39 is 0 Å². The van der Waals surface area contributed by atoms with Gasteiger partial charge >= 0.3 is 0 Å². The minimum Gasteiger partial charge on any atom is -0.496 e. The van der Waals surface area contributed by atoms with Crippen molar-refractivity contribution in [2.75, 3.05) is 13.7 Å². The Bertz CT molecular complexity index is 393. The molecular formula is C13H16N2O. The lowest BCUT2D eigenvalue weighted by molar-refractivity contribution is 0.408. The van der Waals surface area contributed by atoms with Gasteiger partial charge in [0.05, 0.1) is 18.7 Å². The van der Waals surface area contributed by atoms with Crippen LogP contribution in [0.25, 0.3) is 0 Å². The zero-order valence-corrected chi connectivity index (χ0v) is 9.49. The third kappa shape index (κ3) is 3.41. The minimum atomic E-state index is 0.654. The van der Waals surface area contributed by atoms with Crippen LogP contribution in [0, 0.1) is 11.3 Å². The van der Waals surface area contributed by atoms with Gasteiger partial charge in [0.2, 0.25) is 0 Å². The number of hydrogen-bond acceptors (Lipinski definition) is 3. The second-order valence-electron chi connectivity index (χ2n) is 3.39. The summed E-state index contributed by atoms with van der Waals surface area (Å²) in [5.74, 6) is 0.810. The van der Waals surface area contributed by atoms with Gasteiger partial charge in [-0.05, 0) is 31.2 Å². The third-order valence-corrected chi connectivity index (χ3v) is 2.25. The van der Waals surface area contributed by atoms with Gasteiger partial charge in [-0.3, -0.25) is 0 Å². The normalized spacial score (nSPS) is 9.50. The van der Waals surface area contributed by atoms with Crippen LogP contribution in [0.1, 0.15) is 17.5 Å². The van der Waals surface area contributed by atoms with Gasteiger partial charge in [-0.1, -0.05) is 6.08 Å². The van der Waals surface area contributed by atoms with Crippen molar-refractivity contribution >= 4 is 0 Å². The summed E-state index contributed by atoms with van der Waals surface area (Å²) in [7, 11) is 1.63. The summed E-state index contributed by atoms with van der Waals surface area (Å²) in [4.78, 5) is 0. The molecule has 1 aromatic carbocycles. The molecule has 0 unspecified atom stereocenters. The molecule has 0 saturated carbocycles. The maximum atomic E-state index is 8.81. The SMILES string of the molecule is C=CCCNCc1cc(C#N)ccc1OC. The summed E-state index contributed by atoms with van der Waals surface area (Å²) in [5, 5.41) is 12.1. The standard InChI is InChI=1S/C13H16N2O/c1-3-4-7-15-10-12-8-11(9-14)5-6-13(12)16-2/h3,5-6,8,15H,1,4,7,10H2,2H3. The number of ether oxygens (including phenoxy) is 1. The fraction of sp³-hybridized carbons (Fsp3) is 0.308. The molecule has 1 rings (SSSR count). The maximum absolute atomic E-state index is 8.81. The van der Waals surface area contributed by atoms with E-state index in [1.54, 1.807) is 13.2 Å². The Morgan fingerprint density at radius 1 is 1.56 bits per heavy atom. The highest BCUT2D eigenvalue weighted by Gasteiger charge is 2.03. The van der Waals surface area contributed by atoms with Crippen LogP contribution in [-0.2, 0) is 6.54 Å². The van der Waals surface area contributed by atoms with Gasteiger partial charge in [-0.15, -0.1) is 6.58 Å². The topological polar surface area (TPSA) is 45.0 Å². The van der Waals surface area contributed by atoms with Crippen LogP contribution in [0.5, 0.6) is 5.75 Å². The summed E-state index contributed by atoms with van der Waals surface area (Å²) in [5.41, 5.74) is 1.66. The first-order chi connectivity index (χ1) is 7.81. The molecule has 0 aliphatic rings. The molecule has 0 fully saturated rings. The molecule has 0 spiro atoms. The fourth-order valence-corrected chi connectivity index (χ4v) is 1.41. The summed E-state index contributed by atoms with van der Waals surface area (Å²) in [6.45, 7) is 5.24. The van der Waals surface area contributed by atoms with Gasteiger partial charge in [0.1, 0.15) is 5.75 Å². The van der Waals surface area contributed by atoms with E-state index in [4.69, 9.17) is 10.00 Å². The van der Waals surface area contributed by atoms with Crippen molar-refractivity contribution in [2.45, 2.75) is 13.0 Å². The van der Waals surface area contributed by atoms with E-state index in [0.29, 0.717) is 12.1 Å². The maximum Gasteiger partial charge on any atom is 0.123 e. The molecule has 0 aliphatic carbocycles. The number of nitrogens with one attached hydrogen (secondary N) is 1. The van der Waals surface area contributed by atoms with Gasteiger partial charge in [0, 0.05) is 12.1 Å². The number of methoxy groups -OCH3 is 1. The third-order valence-electron chi connectivity index (χ3n) is 2.25. The molecule has 0 atom stereocenters. The largest absolute Gasteiger partial charge is 0.496 e. The van der Waals surface area contributed by atoms with Crippen molar-refractivity contribution in [1.29, 1.82) is 5.26 Å². The van der Waals surface area contributed by atoms with Crippen LogP contribution >= 0.6 is 0 Å². The Kier molecular flexibility index (Phi) is 5.10. The highest BCUT2D eigenvalue weighted by molar-refractivity contribution is 5.41. The van der Waals surface area contributed by atoms with E-state index in [0.717, 1.165) is 24.3 Å². The molecule has 0 amide bonds. The smallest absolute Gasteiger partial charge is 0.123 e. The average molecular weight is 216 g/mol. The van der Waals surface area contributed by atoms with Gasteiger partial charge in [-0.25, -0.2) is 0 Å². The van der Waals surface area contributed by atoms with E-state index in [1.807, 2.05) is 18.2 Å². The Balaban J connectivity index is 2.68. The first-order valence-corrected chi connectivity index (χ1v) is 5.20. The van der Waals surface area contributed by atoms with Gasteiger partial charge < -0.3 is 10.1 Å². The van der Waals surface area contributed by atoms with Crippen molar-refractivity contribution in [2.24, 2.45) is 0 Å². The average Bonchev–Trinajstić information content (AvgIpc) is 2.34. The number of nitrogens with zero attached hydrogens (tertiary/aromatic N) is 1. The predicted molar refractivity (Wildman–Crippen MR) is 64.2 cm³/mol. The minimum absolute atomic E-state index is 0.654. The molecule has 3 nitrogen and oxygen atoms in total. The van der Waals surface area contributed by atoms with Gasteiger partial charge in [0.15, 0.2) is 0 Å². The molecule has 0 saturated heterocycles. The fourth-order valence-electron chi connectivity index (χ4n) is 1.41. The summed E-state index contributed by atoms with van der Waals surface area (Å²) >= 11 is 0. The van der Waals surface area contributed by atoms with Crippen LogP contribution in [-0.4, -0.2) is 13.7 Å². The molecule has 3 heteroatoms. The second kappa shape index (κ2) is 6.65. The Morgan fingerprint density at radius 2 is 2.38 bits per heavy atom. The molecule has 1 aromatic rings. The first-order valence-electron chi connectivity index (χ1n) is 5.20. The van der Waals surface area contributed by atoms with Gasteiger partial charge in [0.25, 0.3) is 0 Å². The molecule has 1 N–H and O–H groups in total. The lowest BCUT2D eigenvalue weighted by Gasteiger charge is -2.09. The molecule has 16 heavy (non-hydrogen) atoms. The van der Waals surface area contributed by atoms with E-state index in [-0.39, 0.29) is 0 Å². The number of hydrogen-bond donors (Lipinski definition) is 1. The van der Waals surface area contributed by atoms with Gasteiger partial charge in [-0.2, -0.15) is 5.26 Å². The van der Waals surface area contributed by atoms with Crippen LogP contribution in [0.4, 0.5) is 0 Å². The number of benzene rings is 1. The highest BCUT2D eigenvalue weighted by atomic mass is 16.5. The molecule has 84 valence electrons. The molecule has 0 aliphatic heterocycles. The second-order valence-corrected chi connectivity index (χ2v) is 3.39. The van der Waals surface area contributed by atoms with Crippen molar-refractivity contribution in [3.05, 3.63) is 42.0 Å². The van der Waals surface area contributed by atoms with Crippen molar-refractivity contribution < 1.29 is 4.74 Å². The summed E-state index contributed by atoms with van der Waals surface area (Å²) < 4.78 is 5.23. The van der Waals surface area contributed by atoms with Crippen molar-refractivity contribution in [3.8, 4) is 11.8 Å².